The Morgan fingerprint density at radius 2 is 1.85 bits per heavy atom. The number of anilines is 1. The molecule has 10 heteroatoms. The van der Waals surface area contributed by atoms with Gasteiger partial charge in [-0.1, -0.05) is 53.0 Å². The van der Waals surface area contributed by atoms with Gasteiger partial charge in [0.2, 0.25) is 9.70 Å². The Balaban J connectivity index is 2.17. The summed E-state index contributed by atoms with van der Waals surface area (Å²) in [6.07, 6.45) is 0.427. The SMILES string of the molecule is O=C(N[C@@H]1CC(Cl)C[C@H]1N(C(=O)CCCl)c1ccccc1)OCC(Cl)(Cl)Cl. The molecule has 1 aromatic carbocycles. The van der Waals surface area contributed by atoms with Gasteiger partial charge in [-0.3, -0.25) is 4.79 Å². The lowest BCUT2D eigenvalue weighted by Gasteiger charge is -2.33. The fourth-order valence-electron chi connectivity index (χ4n) is 3.05. The lowest BCUT2D eigenvalue weighted by molar-refractivity contribution is -0.118. The van der Waals surface area contributed by atoms with Gasteiger partial charge >= 0.3 is 6.09 Å². The first-order chi connectivity index (χ1) is 12.7. The van der Waals surface area contributed by atoms with Gasteiger partial charge in [0.25, 0.3) is 0 Å². The van der Waals surface area contributed by atoms with Crippen molar-refractivity contribution in [3.8, 4) is 0 Å². The molecular formula is C17H19Cl5N2O3. The summed E-state index contributed by atoms with van der Waals surface area (Å²) in [5, 5.41) is 2.53. The Hall–Kier alpha value is -0.590. The zero-order valence-electron chi connectivity index (χ0n) is 14.2. The average Bonchev–Trinajstić information content (AvgIpc) is 2.94. The molecule has 150 valence electrons. The molecule has 2 rings (SSSR count). The van der Waals surface area contributed by atoms with Gasteiger partial charge in [0.1, 0.15) is 6.61 Å². The molecule has 0 spiro atoms. The summed E-state index contributed by atoms with van der Waals surface area (Å²) < 4.78 is 3.23. The molecule has 0 saturated heterocycles. The summed E-state index contributed by atoms with van der Waals surface area (Å²) in [5.41, 5.74) is 0.713. The van der Waals surface area contributed by atoms with E-state index >= 15 is 0 Å². The smallest absolute Gasteiger partial charge is 0.407 e. The van der Waals surface area contributed by atoms with Gasteiger partial charge in [-0.05, 0) is 25.0 Å². The van der Waals surface area contributed by atoms with Gasteiger partial charge in [-0.25, -0.2) is 4.79 Å². The molecule has 27 heavy (non-hydrogen) atoms. The van der Waals surface area contributed by atoms with Crippen LogP contribution < -0.4 is 10.2 Å². The highest BCUT2D eigenvalue weighted by Gasteiger charge is 2.41. The van der Waals surface area contributed by atoms with E-state index < -0.39 is 22.5 Å². The van der Waals surface area contributed by atoms with Crippen LogP contribution in [0.4, 0.5) is 10.5 Å². The van der Waals surface area contributed by atoms with E-state index in [1.807, 2.05) is 30.3 Å². The van der Waals surface area contributed by atoms with Crippen LogP contribution in [0.5, 0.6) is 0 Å². The van der Waals surface area contributed by atoms with Gasteiger partial charge in [0.15, 0.2) is 0 Å². The van der Waals surface area contributed by atoms with E-state index in [-0.39, 0.29) is 29.6 Å². The predicted molar refractivity (Wildman–Crippen MR) is 110 cm³/mol. The van der Waals surface area contributed by atoms with Crippen molar-refractivity contribution in [1.29, 1.82) is 0 Å². The van der Waals surface area contributed by atoms with Gasteiger partial charge in [0.05, 0.1) is 12.1 Å². The number of halogens is 5. The quantitative estimate of drug-likeness (QED) is 0.595. The van der Waals surface area contributed by atoms with E-state index in [1.54, 1.807) is 4.90 Å². The standard InChI is InChI=1S/C17H19Cl5N2O3/c18-7-6-15(25)24(12-4-2-1-3-5-12)14-9-11(19)8-13(14)23-16(26)27-10-17(20,21)22/h1-5,11,13-14H,6-10H2,(H,23,26)/t11?,13-,14-/m1/s1. The molecule has 1 aromatic rings. The number of hydrogen-bond donors (Lipinski definition) is 1. The van der Waals surface area contributed by atoms with E-state index in [0.29, 0.717) is 18.5 Å². The first-order valence-electron chi connectivity index (χ1n) is 8.28. The van der Waals surface area contributed by atoms with E-state index in [4.69, 9.17) is 62.7 Å². The highest BCUT2D eigenvalue weighted by molar-refractivity contribution is 6.67. The zero-order chi connectivity index (χ0) is 20.0. The molecule has 2 amide bonds. The number of carbonyl (C=O) groups excluding carboxylic acids is 2. The molecule has 0 radical (unpaired) electrons. The third kappa shape index (κ3) is 7.06. The minimum Gasteiger partial charge on any atom is -0.445 e. The van der Waals surface area contributed by atoms with E-state index in [1.165, 1.54) is 0 Å². The van der Waals surface area contributed by atoms with Crippen molar-refractivity contribution in [2.45, 2.75) is 40.5 Å². The number of carbonyl (C=O) groups is 2. The zero-order valence-corrected chi connectivity index (χ0v) is 18.0. The van der Waals surface area contributed by atoms with Crippen molar-refractivity contribution < 1.29 is 14.3 Å². The molecule has 1 fully saturated rings. The molecule has 3 atom stereocenters. The van der Waals surface area contributed by atoms with Crippen LogP contribution in [-0.4, -0.2) is 45.7 Å². The van der Waals surface area contributed by atoms with Crippen molar-refractivity contribution in [1.82, 2.24) is 5.32 Å². The predicted octanol–water partition coefficient (Wildman–Crippen LogP) is 4.88. The van der Waals surface area contributed by atoms with Crippen molar-refractivity contribution >= 4 is 75.7 Å². The minimum atomic E-state index is -1.70. The number of para-hydroxylation sites is 1. The van der Waals surface area contributed by atoms with Crippen molar-refractivity contribution in [3.05, 3.63) is 30.3 Å². The number of alkyl carbamates (subject to hydrolysis) is 1. The van der Waals surface area contributed by atoms with Crippen LogP contribution in [0, 0.1) is 0 Å². The molecular weight excluding hydrogens is 457 g/mol. The van der Waals surface area contributed by atoms with E-state index in [0.717, 1.165) is 0 Å². The van der Waals surface area contributed by atoms with Gasteiger partial charge in [-0.2, -0.15) is 0 Å². The Morgan fingerprint density at radius 3 is 2.44 bits per heavy atom. The Labute approximate surface area is 183 Å². The third-order valence-corrected chi connectivity index (χ3v) is 4.96. The fourth-order valence-corrected chi connectivity index (χ4v) is 3.75. The number of rotatable bonds is 6. The third-order valence-electron chi connectivity index (χ3n) is 4.08. The highest BCUT2D eigenvalue weighted by atomic mass is 35.6. The molecule has 1 aliphatic carbocycles. The molecule has 1 unspecified atom stereocenters. The highest BCUT2D eigenvalue weighted by Crippen LogP contribution is 2.33. The summed E-state index contributed by atoms with van der Waals surface area (Å²) in [5.74, 6) is 0.0520. The van der Waals surface area contributed by atoms with Crippen LogP contribution in [0.15, 0.2) is 30.3 Å². The second-order valence-electron chi connectivity index (χ2n) is 6.12. The number of benzene rings is 1. The minimum absolute atomic E-state index is 0.145. The molecule has 0 aliphatic heterocycles. The Morgan fingerprint density at radius 1 is 1.19 bits per heavy atom. The first-order valence-corrected chi connectivity index (χ1v) is 10.4. The van der Waals surface area contributed by atoms with E-state index in [2.05, 4.69) is 5.32 Å². The molecule has 1 saturated carbocycles. The molecule has 5 nitrogen and oxygen atoms in total. The Kier molecular flexibility index (Phi) is 8.63. The van der Waals surface area contributed by atoms with E-state index in [9.17, 15) is 9.59 Å². The first kappa shape index (κ1) is 22.7. The normalized spacial score (nSPS) is 22.3. The topological polar surface area (TPSA) is 58.6 Å². The Bertz CT molecular complexity index is 641. The molecule has 0 aromatic heterocycles. The van der Waals surface area contributed by atoms with Crippen molar-refractivity contribution in [3.63, 3.8) is 0 Å². The number of amides is 2. The van der Waals surface area contributed by atoms with Gasteiger partial charge in [-0.15, -0.1) is 23.2 Å². The lowest BCUT2D eigenvalue weighted by atomic mass is 10.1. The summed E-state index contributed by atoms with van der Waals surface area (Å²) in [6, 6.07) is 8.43. The fraction of sp³-hybridized carbons (Fsp3) is 0.529. The number of nitrogens with one attached hydrogen (secondary N) is 1. The summed E-state index contributed by atoms with van der Waals surface area (Å²) in [4.78, 5) is 26.4. The molecule has 1 aliphatic rings. The maximum atomic E-state index is 12.7. The molecule has 0 bridgehead atoms. The van der Waals surface area contributed by atoms with Crippen LogP contribution in [0.1, 0.15) is 19.3 Å². The van der Waals surface area contributed by atoms with Crippen LogP contribution in [0.2, 0.25) is 0 Å². The second-order valence-corrected chi connectivity index (χ2v) is 9.63. The molecule has 0 heterocycles. The van der Waals surface area contributed by atoms with Crippen molar-refractivity contribution in [2.24, 2.45) is 0 Å². The number of alkyl halides is 5. The largest absolute Gasteiger partial charge is 0.445 e. The summed E-state index contributed by atoms with van der Waals surface area (Å²) in [7, 11) is 0. The van der Waals surface area contributed by atoms with Crippen LogP contribution in [0.3, 0.4) is 0 Å². The van der Waals surface area contributed by atoms with Crippen LogP contribution >= 0.6 is 58.0 Å². The lowest BCUT2D eigenvalue weighted by Crippen LogP contribution is -2.51. The van der Waals surface area contributed by atoms with Gasteiger partial charge in [0, 0.05) is 23.4 Å². The van der Waals surface area contributed by atoms with Crippen LogP contribution in [0.25, 0.3) is 0 Å². The number of ether oxygens (including phenoxy) is 1. The number of nitrogens with zero attached hydrogens (tertiary/aromatic N) is 1. The molecule has 1 N–H and O–H groups in total. The average molecular weight is 477 g/mol. The van der Waals surface area contributed by atoms with Crippen molar-refractivity contribution in [2.75, 3.05) is 17.4 Å². The maximum Gasteiger partial charge on any atom is 0.407 e. The summed E-state index contributed by atoms with van der Waals surface area (Å²) in [6.45, 7) is -0.390. The van der Waals surface area contributed by atoms with Crippen LogP contribution in [-0.2, 0) is 9.53 Å². The monoisotopic (exact) mass is 474 g/mol. The second kappa shape index (κ2) is 10.3. The number of hydrogen-bond acceptors (Lipinski definition) is 3. The van der Waals surface area contributed by atoms with Gasteiger partial charge < -0.3 is 15.0 Å². The maximum absolute atomic E-state index is 12.7. The summed E-state index contributed by atoms with van der Waals surface area (Å²) >= 11 is 28.9.